The number of likely N-dealkylation sites (N-methyl/N-ethyl adjacent to an activating group) is 1. The Labute approximate surface area is 232 Å². The van der Waals surface area contributed by atoms with E-state index in [4.69, 9.17) is 9.47 Å². The maximum Gasteiger partial charge on any atom is 0.261 e. The van der Waals surface area contributed by atoms with E-state index in [9.17, 15) is 9.59 Å². The number of ether oxygens (including phenoxy) is 2. The van der Waals surface area contributed by atoms with Crippen LogP contribution in [0.5, 0.6) is 11.5 Å². The molecule has 3 aromatic rings. The quantitative estimate of drug-likeness (QED) is 0.283. The zero-order valence-electron chi connectivity index (χ0n) is 20.1. The molecule has 2 aromatic heterocycles. The van der Waals surface area contributed by atoms with Gasteiger partial charge in [-0.15, -0.1) is 12.4 Å². The molecule has 0 aliphatic carbocycles. The van der Waals surface area contributed by atoms with E-state index in [0.717, 1.165) is 0 Å². The molecule has 4 rings (SSSR count). The number of carbonyl (C=O) groups excluding carboxylic acids is 2. The number of hydrogen-bond acceptors (Lipinski definition) is 7. The first-order valence-corrected chi connectivity index (χ1v) is 12.4. The molecule has 190 valence electrons. The van der Waals surface area contributed by atoms with Crippen molar-refractivity contribution < 1.29 is 19.1 Å². The summed E-state index contributed by atoms with van der Waals surface area (Å²) in [5.74, 6) is 0.180. The van der Waals surface area contributed by atoms with Gasteiger partial charge >= 0.3 is 0 Å². The molecule has 0 N–H and O–H groups in total. The minimum Gasteiger partial charge on any atom is -0.493 e. The lowest BCUT2D eigenvalue weighted by Crippen LogP contribution is -2.48. The van der Waals surface area contributed by atoms with Crippen LogP contribution in [0.2, 0.25) is 0 Å². The summed E-state index contributed by atoms with van der Waals surface area (Å²) >= 11 is 6.79. The maximum atomic E-state index is 13.9. The number of ketones is 1. The first-order chi connectivity index (χ1) is 16.8. The number of nitrogens with zero attached hydrogens (tertiary/aromatic N) is 4. The first-order valence-electron chi connectivity index (χ1n) is 10.8. The van der Waals surface area contributed by atoms with Crippen molar-refractivity contribution in [2.24, 2.45) is 0 Å². The molecule has 1 aliphatic heterocycles. The smallest absolute Gasteiger partial charge is 0.261 e. The number of pyridine rings is 2. The van der Waals surface area contributed by atoms with Crippen molar-refractivity contribution in [3.8, 4) is 11.5 Å². The standard InChI is InChI=1S/C25H24Br2N4O4.ClH/c1-30(2)14-11-17-18(31(13-14)25(33)16-8-6-10-29-24(16)27)12-19(34-3)22(35-4)20(17)21(32)15-7-5-9-28-23(15)26;/h5-10,12,14H,11,13H2,1-4H3;1H. The molecule has 1 amide bonds. The number of methoxy groups -OCH3 is 2. The summed E-state index contributed by atoms with van der Waals surface area (Å²) in [6.45, 7) is 0.430. The molecule has 11 heteroatoms. The largest absolute Gasteiger partial charge is 0.493 e. The second-order valence-electron chi connectivity index (χ2n) is 8.23. The summed E-state index contributed by atoms with van der Waals surface area (Å²) in [6, 6.07) is 8.57. The van der Waals surface area contributed by atoms with Crippen LogP contribution in [0.4, 0.5) is 5.69 Å². The summed E-state index contributed by atoms with van der Waals surface area (Å²) in [4.78, 5) is 39.8. The number of carbonyl (C=O) groups is 2. The Morgan fingerprint density at radius 1 is 1.03 bits per heavy atom. The van der Waals surface area contributed by atoms with Gasteiger partial charge in [0.2, 0.25) is 0 Å². The van der Waals surface area contributed by atoms with Gasteiger partial charge < -0.3 is 19.3 Å². The van der Waals surface area contributed by atoms with Crippen molar-refractivity contribution in [2.75, 3.05) is 39.8 Å². The summed E-state index contributed by atoms with van der Waals surface area (Å²) < 4.78 is 12.2. The lowest BCUT2D eigenvalue weighted by molar-refractivity contribution is 0.0970. The number of fused-ring (bicyclic) bond motifs is 1. The summed E-state index contributed by atoms with van der Waals surface area (Å²) in [5, 5.41) is 0. The predicted octanol–water partition coefficient (Wildman–Crippen LogP) is 4.80. The molecule has 8 nitrogen and oxygen atoms in total. The zero-order chi connectivity index (χ0) is 25.3. The average Bonchev–Trinajstić information content (AvgIpc) is 2.86. The maximum absolute atomic E-state index is 13.9. The van der Waals surface area contributed by atoms with Gasteiger partial charge in [0.1, 0.15) is 9.21 Å². The first kappa shape index (κ1) is 28.0. The third-order valence-corrected chi connectivity index (χ3v) is 7.34. The summed E-state index contributed by atoms with van der Waals surface area (Å²) in [5.41, 5.74) is 2.48. The minimum atomic E-state index is -0.272. The lowest BCUT2D eigenvalue weighted by atomic mass is 9.88. The molecular formula is C25H25Br2ClN4O4. The molecule has 0 radical (unpaired) electrons. The highest BCUT2D eigenvalue weighted by molar-refractivity contribution is 9.10. The van der Waals surface area contributed by atoms with E-state index >= 15 is 0 Å². The van der Waals surface area contributed by atoms with Crippen molar-refractivity contribution in [3.63, 3.8) is 0 Å². The van der Waals surface area contributed by atoms with Crippen LogP contribution in [-0.2, 0) is 6.42 Å². The predicted molar refractivity (Wildman–Crippen MR) is 147 cm³/mol. The van der Waals surface area contributed by atoms with Crippen molar-refractivity contribution >= 4 is 61.6 Å². The van der Waals surface area contributed by atoms with Gasteiger partial charge in [-0.05, 0) is 82.2 Å². The summed E-state index contributed by atoms with van der Waals surface area (Å²) in [7, 11) is 6.92. The van der Waals surface area contributed by atoms with E-state index in [-0.39, 0.29) is 30.1 Å². The fourth-order valence-electron chi connectivity index (χ4n) is 4.24. The molecule has 1 atom stereocenters. The Morgan fingerprint density at radius 2 is 1.64 bits per heavy atom. The third kappa shape index (κ3) is 5.13. The molecular weight excluding hydrogens is 616 g/mol. The van der Waals surface area contributed by atoms with Crippen LogP contribution in [0.1, 0.15) is 31.8 Å². The Bertz CT molecular complexity index is 1310. The van der Waals surface area contributed by atoms with E-state index in [1.807, 2.05) is 19.0 Å². The van der Waals surface area contributed by atoms with Crippen molar-refractivity contribution in [3.05, 3.63) is 74.2 Å². The Hall–Kier alpha value is -2.53. The van der Waals surface area contributed by atoms with Gasteiger partial charge in [-0.25, -0.2) is 9.97 Å². The SMILES string of the molecule is COc1cc2c(c(C(=O)c3cccnc3Br)c1OC)CC(N(C)C)CN2C(=O)c1cccnc1Br.Cl. The van der Waals surface area contributed by atoms with Crippen LogP contribution in [0.25, 0.3) is 0 Å². The number of rotatable bonds is 6. The molecule has 1 aliphatic rings. The monoisotopic (exact) mass is 638 g/mol. The second kappa shape index (κ2) is 11.7. The number of benzene rings is 1. The summed E-state index contributed by atoms with van der Waals surface area (Å²) in [6.07, 6.45) is 3.76. The topological polar surface area (TPSA) is 84.9 Å². The highest BCUT2D eigenvalue weighted by atomic mass is 79.9. The Balaban J connectivity index is 0.00000361. The van der Waals surface area contributed by atoms with E-state index in [0.29, 0.717) is 61.6 Å². The van der Waals surface area contributed by atoms with E-state index in [1.54, 1.807) is 47.6 Å². The van der Waals surface area contributed by atoms with Crippen LogP contribution in [-0.4, -0.2) is 67.5 Å². The number of anilines is 1. The Kier molecular flexibility index (Phi) is 9.10. The fraction of sp³-hybridized carbons (Fsp3) is 0.280. The van der Waals surface area contributed by atoms with Gasteiger partial charge in [-0.2, -0.15) is 0 Å². The van der Waals surface area contributed by atoms with Crippen molar-refractivity contribution in [1.82, 2.24) is 14.9 Å². The van der Waals surface area contributed by atoms with E-state index in [1.165, 1.54) is 14.2 Å². The third-order valence-electron chi connectivity index (χ3n) is 6.07. The molecule has 3 heterocycles. The van der Waals surface area contributed by atoms with Crippen LogP contribution < -0.4 is 14.4 Å². The van der Waals surface area contributed by atoms with Crippen LogP contribution in [0.3, 0.4) is 0 Å². The molecule has 36 heavy (non-hydrogen) atoms. The molecule has 0 bridgehead atoms. The van der Waals surface area contributed by atoms with Crippen LogP contribution >= 0.6 is 44.3 Å². The van der Waals surface area contributed by atoms with E-state index < -0.39 is 0 Å². The number of hydrogen-bond donors (Lipinski definition) is 0. The van der Waals surface area contributed by atoms with Crippen molar-refractivity contribution in [2.45, 2.75) is 12.5 Å². The van der Waals surface area contributed by atoms with Gasteiger partial charge in [0.25, 0.3) is 5.91 Å². The minimum absolute atomic E-state index is 0. The van der Waals surface area contributed by atoms with Gasteiger partial charge in [-0.3, -0.25) is 9.59 Å². The van der Waals surface area contributed by atoms with Crippen LogP contribution in [0, 0.1) is 0 Å². The molecule has 0 saturated heterocycles. The molecule has 1 unspecified atom stereocenters. The normalized spacial score (nSPS) is 14.6. The number of amides is 1. The van der Waals surface area contributed by atoms with Gasteiger partial charge in [0.15, 0.2) is 17.3 Å². The highest BCUT2D eigenvalue weighted by Gasteiger charge is 2.37. The molecule has 0 saturated carbocycles. The Morgan fingerprint density at radius 3 is 2.17 bits per heavy atom. The second-order valence-corrected chi connectivity index (χ2v) is 9.74. The van der Waals surface area contributed by atoms with Gasteiger partial charge in [-0.1, -0.05) is 0 Å². The van der Waals surface area contributed by atoms with E-state index in [2.05, 4.69) is 41.8 Å². The number of halogens is 3. The molecule has 1 aromatic carbocycles. The zero-order valence-corrected chi connectivity index (χ0v) is 24.1. The van der Waals surface area contributed by atoms with Gasteiger partial charge in [0, 0.05) is 31.0 Å². The van der Waals surface area contributed by atoms with Crippen LogP contribution in [0.15, 0.2) is 51.9 Å². The van der Waals surface area contributed by atoms with Gasteiger partial charge in [0.05, 0.1) is 36.6 Å². The average molecular weight is 641 g/mol. The van der Waals surface area contributed by atoms with Crippen molar-refractivity contribution in [1.29, 1.82) is 0 Å². The molecule has 0 spiro atoms. The lowest BCUT2D eigenvalue weighted by Gasteiger charge is -2.39. The number of aromatic nitrogens is 2. The highest BCUT2D eigenvalue weighted by Crippen LogP contribution is 2.44. The fourth-order valence-corrected chi connectivity index (χ4v) is 5.09. The molecule has 0 fully saturated rings.